The van der Waals surface area contributed by atoms with E-state index in [0.29, 0.717) is 6.04 Å². The molecule has 1 N–H and O–H groups in total. The average Bonchev–Trinajstić information content (AvgIpc) is 3.09. The maximum absolute atomic E-state index is 12.7. The Hall–Kier alpha value is -1.21. The summed E-state index contributed by atoms with van der Waals surface area (Å²) in [7, 11) is 0. The van der Waals surface area contributed by atoms with Crippen LogP contribution in [0.15, 0.2) is 17.5 Å². The molecule has 1 unspecified atom stereocenters. The average molecular weight is 350 g/mol. The molecule has 132 valence electrons. The normalized spacial score (nSPS) is 23.0. The van der Waals surface area contributed by atoms with E-state index >= 15 is 0 Å². The second-order valence-corrected chi connectivity index (χ2v) is 7.39. The molecule has 24 heavy (non-hydrogen) atoms. The number of nitrogens with zero attached hydrogens (tertiary/aromatic N) is 2. The molecule has 0 radical (unpaired) electrons. The van der Waals surface area contributed by atoms with Gasteiger partial charge in [-0.3, -0.25) is 9.69 Å². The molecule has 1 atom stereocenters. The van der Waals surface area contributed by atoms with Crippen LogP contribution < -0.4 is 0 Å². The largest absolute Gasteiger partial charge is 0.392 e. The van der Waals surface area contributed by atoms with E-state index in [1.165, 1.54) is 6.42 Å². The van der Waals surface area contributed by atoms with Gasteiger partial charge in [0.15, 0.2) is 0 Å². The van der Waals surface area contributed by atoms with Crippen molar-refractivity contribution < 1.29 is 14.6 Å². The van der Waals surface area contributed by atoms with E-state index in [2.05, 4.69) is 4.90 Å². The molecule has 3 heterocycles. The summed E-state index contributed by atoms with van der Waals surface area (Å²) in [5, 5.41) is 11.0. The number of carbonyl (C=O) groups is 1. The summed E-state index contributed by atoms with van der Waals surface area (Å²) in [6, 6.07) is 2.24. The van der Waals surface area contributed by atoms with E-state index in [4.69, 9.17) is 9.84 Å². The van der Waals surface area contributed by atoms with Crippen molar-refractivity contribution in [3.05, 3.63) is 28.0 Å². The van der Waals surface area contributed by atoms with Crippen LogP contribution in [-0.2, 0) is 16.1 Å². The fraction of sp³-hybridized carbons (Fsp3) is 0.611. The zero-order valence-electron chi connectivity index (χ0n) is 14.0. The zero-order chi connectivity index (χ0) is 16.8. The Morgan fingerprint density at radius 2 is 2.17 bits per heavy atom. The molecule has 1 aromatic heterocycles. The first-order valence-electron chi connectivity index (χ1n) is 8.73. The van der Waals surface area contributed by atoms with E-state index in [1.54, 1.807) is 17.4 Å². The van der Waals surface area contributed by atoms with Gasteiger partial charge in [-0.25, -0.2) is 0 Å². The SMILES string of the molecule is O=C(/C=C/c1cc(CO)cs1)N1CCCCC1CN1CCOCC1. The van der Waals surface area contributed by atoms with Crippen LogP contribution in [0.1, 0.15) is 29.7 Å². The summed E-state index contributed by atoms with van der Waals surface area (Å²) in [5.41, 5.74) is 0.898. The van der Waals surface area contributed by atoms with Crippen molar-refractivity contribution in [1.82, 2.24) is 9.80 Å². The molecule has 2 fully saturated rings. The van der Waals surface area contributed by atoms with Crippen LogP contribution in [0.3, 0.4) is 0 Å². The molecule has 1 amide bonds. The lowest BCUT2D eigenvalue weighted by atomic mass is 10.0. The van der Waals surface area contributed by atoms with E-state index < -0.39 is 0 Å². The first-order chi connectivity index (χ1) is 11.8. The molecular formula is C18H26N2O3S. The van der Waals surface area contributed by atoms with Crippen molar-refractivity contribution in [3.8, 4) is 0 Å². The number of aliphatic hydroxyl groups is 1. The fourth-order valence-electron chi connectivity index (χ4n) is 3.38. The quantitative estimate of drug-likeness (QED) is 0.825. The van der Waals surface area contributed by atoms with Gasteiger partial charge in [-0.2, -0.15) is 0 Å². The summed E-state index contributed by atoms with van der Waals surface area (Å²) in [6.45, 7) is 5.38. The van der Waals surface area contributed by atoms with Crippen LogP contribution >= 0.6 is 11.3 Å². The topological polar surface area (TPSA) is 53.0 Å². The number of likely N-dealkylation sites (tertiary alicyclic amines) is 1. The lowest BCUT2D eigenvalue weighted by Crippen LogP contribution is -2.51. The molecule has 0 bridgehead atoms. The van der Waals surface area contributed by atoms with Gasteiger partial charge in [-0.1, -0.05) is 0 Å². The molecular weight excluding hydrogens is 324 g/mol. The summed E-state index contributed by atoms with van der Waals surface area (Å²) in [5.74, 6) is 0.104. The minimum Gasteiger partial charge on any atom is -0.392 e. The second-order valence-electron chi connectivity index (χ2n) is 6.44. The third kappa shape index (κ3) is 4.66. The van der Waals surface area contributed by atoms with Gasteiger partial charge < -0.3 is 14.7 Å². The first kappa shape index (κ1) is 17.6. The standard InChI is InChI=1S/C18H26N2O3S/c21-13-15-11-17(24-14-15)4-5-18(22)20-6-2-1-3-16(20)12-19-7-9-23-10-8-19/h4-5,11,14,16,21H,1-3,6-10,12-13H2/b5-4+. The Balaban J connectivity index is 1.59. The van der Waals surface area contributed by atoms with Crippen LogP contribution in [0.4, 0.5) is 0 Å². The number of aliphatic hydroxyl groups excluding tert-OH is 1. The summed E-state index contributed by atoms with van der Waals surface area (Å²) < 4.78 is 5.41. The van der Waals surface area contributed by atoms with Gasteiger partial charge in [-0.05, 0) is 42.3 Å². The zero-order valence-corrected chi connectivity index (χ0v) is 14.8. The van der Waals surface area contributed by atoms with Crippen molar-refractivity contribution in [3.63, 3.8) is 0 Å². The van der Waals surface area contributed by atoms with Crippen LogP contribution in [0, 0.1) is 0 Å². The van der Waals surface area contributed by atoms with Gasteiger partial charge in [0.05, 0.1) is 19.8 Å². The Morgan fingerprint density at radius 1 is 1.33 bits per heavy atom. The Bertz CT molecular complexity index is 566. The molecule has 6 heteroatoms. The Morgan fingerprint density at radius 3 is 2.92 bits per heavy atom. The molecule has 0 spiro atoms. The van der Waals surface area contributed by atoms with Gasteiger partial charge in [-0.15, -0.1) is 11.3 Å². The minimum atomic E-state index is 0.0477. The molecule has 0 aliphatic carbocycles. The molecule has 3 rings (SSSR count). The number of rotatable bonds is 5. The monoisotopic (exact) mass is 350 g/mol. The van der Waals surface area contributed by atoms with Crippen LogP contribution in [0.2, 0.25) is 0 Å². The fourth-order valence-corrected chi connectivity index (χ4v) is 4.17. The van der Waals surface area contributed by atoms with Crippen LogP contribution in [-0.4, -0.2) is 66.2 Å². The second kappa shape index (κ2) is 8.76. The molecule has 0 aromatic carbocycles. The third-order valence-corrected chi connectivity index (χ3v) is 5.68. The Labute approximate surface area is 147 Å². The van der Waals surface area contributed by atoms with Gasteiger partial charge in [0.1, 0.15) is 0 Å². The lowest BCUT2D eigenvalue weighted by Gasteiger charge is -2.39. The van der Waals surface area contributed by atoms with E-state index in [-0.39, 0.29) is 12.5 Å². The van der Waals surface area contributed by atoms with Gasteiger partial charge in [0.2, 0.25) is 5.91 Å². The number of carbonyl (C=O) groups excluding carboxylic acids is 1. The lowest BCUT2D eigenvalue weighted by molar-refractivity contribution is -0.130. The summed E-state index contributed by atoms with van der Waals surface area (Å²) in [4.78, 5) is 18.1. The number of amides is 1. The highest BCUT2D eigenvalue weighted by Crippen LogP contribution is 2.20. The smallest absolute Gasteiger partial charge is 0.246 e. The number of hydrogen-bond acceptors (Lipinski definition) is 5. The molecule has 5 nitrogen and oxygen atoms in total. The van der Waals surface area contributed by atoms with E-state index in [9.17, 15) is 4.79 Å². The maximum atomic E-state index is 12.7. The number of morpholine rings is 1. The van der Waals surface area contributed by atoms with Crippen molar-refractivity contribution in [2.75, 3.05) is 39.4 Å². The summed E-state index contributed by atoms with van der Waals surface area (Å²) in [6.07, 6.45) is 6.93. The predicted molar refractivity (Wildman–Crippen MR) is 95.9 cm³/mol. The number of hydrogen-bond donors (Lipinski definition) is 1. The number of thiophene rings is 1. The van der Waals surface area contributed by atoms with Gasteiger partial charge in [0.25, 0.3) is 0 Å². The number of piperidine rings is 1. The highest BCUT2D eigenvalue weighted by Gasteiger charge is 2.27. The van der Waals surface area contributed by atoms with Crippen molar-refractivity contribution in [2.24, 2.45) is 0 Å². The minimum absolute atomic E-state index is 0.0477. The highest BCUT2D eigenvalue weighted by molar-refractivity contribution is 7.11. The van der Waals surface area contributed by atoms with Gasteiger partial charge in [0, 0.05) is 43.2 Å². The summed E-state index contributed by atoms with van der Waals surface area (Å²) >= 11 is 1.55. The molecule has 2 aliphatic heterocycles. The van der Waals surface area contributed by atoms with Crippen LogP contribution in [0.25, 0.3) is 6.08 Å². The first-order valence-corrected chi connectivity index (χ1v) is 9.61. The molecule has 2 saturated heterocycles. The molecule has 0 saturated carbocycles. The van der Waals surface area contributed by atoms with Crippen molar-refractivity contribution >= 4 is 23.3 Å². The van der Waals surface area contributed by atoms with Crippen LogP contribution in [0.5, 0.6) is 0 Å². The number of ether oxygens (including phenoxy) is 1. The van der Waals surface area contributed by atoms with E-state index in [0.717, 1.165) is 62.7 Å². The highest BCUT2D eigenvalue weighted by atomic mass is 32.1. The Kier molecular flexibility index (Phi) is 6.43. The molecule has 2 aliphatic rings. The molecule has 1 aromatic rings. The van der Waals surface area contributed by atoms with Gasteiger partial charge >= 0.3 is 0 Å². The third-order valence-electron chi connectivity index (χ3n) is 4.73. The van der Waals surface area contributed by atoms with E-state index in [1.807, 2.05) is 22.4 Å². The van der Waals surface area contributed by atoms with Crippen molar-refractivity contribution in [2.45, 2.75) is 31.9 Å². The predicted octanol–water partition coefficient (Wildman–Crippen LogP) is 1.97. The van der Waals surface area contributed by atoms with Crippen molar-refractivity contribution in [1.29, 1.82) is 0 Å². The maximum Gasteiger partial charge on any atom is 0.246 e.